The van der Waals surface area contributed by atoms with E-state index in [0.717, 1.165) is 30.5 Å². The summed E-state index contributed by atoms with van der Waals surface area (Å²) in [4.78, 5) is 17.1. The summed E-state index contributed by atoms with van der Waals surface area (Å²) >= 11 is 0. The molecule has 1 aromatic heterocycles. The zero-order chi connectivity index (χ0) is 10.8. The Labute approximate surface area is 89.1 Å². The number of pyridine rings is 1. The SMILES string of the molecule is CN(C(N)=O)C1CCCc2ncccc21. The van der Waals surface area contributed by atoms with Crippen molar-refractivity contribution in [3.8, 4) is 0 Å². The van der Waals surface area contributed by atoms with Gasteiger partial charge < -0.3 is 10.6 Å². The third-order valence-electron chi connectivity index (χ3n) is 2.99. The van der Waals surface area contributed by atoms with Crippen molar-refractivity contribution in [3.05, 3.63) is 29.6 Å². The second-order valence-corrected chi connectivity index (χ2v) is 3.90. The lowest BCUT2D eigenvalue weighted by molar-refractivity contribution is 0.193. The second kappa shape index (κ2) is 3.88. The fraction of sp³-hybridized carbons (Fsp3) is 0.455. The molecule has 0 saturated heterocycles. The smallest absolute Gasteiger partial charge is 0.315 e. The van der Waals surface area contributed by atoms with Crippen LogP contribution in [0.1, 0.15) is 30.1 Å². The van der Waals surface area contributed by atoms with E-state index in [-0.39, 0.29) is 12.1 Å². The minimum absolute atomic E-state index is 0.0972. The summed E-state index contributed by atoms with van der Waals surface area (Å²) in [6.07, 6.45) is 4.83. The third-order valence-corrected chi connectivity index (χ3v) is 2.99. The zero-order valence-corrected chi connectivity index (χ0v) is 8.81. The Morgan fingerprint density at radius 1 is 1.67 bits per heavy atom. The van der Waals surface area contributed by atoms with Gasteiger partial charge in [-0.1, -0.05) is 6.07 Å². The molecule has 1 heterocycles. The number of primary amides is 1. The molecule has 1 unspecified atom stereocenters. The number of hydrogen-bond acceptors (Lipinski definition) is 2. The van der Waals surface area contributed by atoms with Crippen molar-refractivity contribution in [1.29, 1.82) is 0 Å². The third kappa shape index (κ3) is 1.79. The maximum absolute atomic E-state index is 11.1. The molecule has 15 heavy (non-hydrogen) atoms. The van der Waals surface area contributed by atoms with Crippen LogP contribution in [0.5, 0.6) is 0 Å². The average Bonchev–Trinajstić information content (AvgIpc) is 2.27. The first-order valence-electron chi connectivity index (χ1n) is 5.16. The molecular formula is C11H15N3O. The number of carbonyl (C=O) groups excluding carboxylic acids is 1. The molecule has 0 fully saturated rings. The summed E-state index contributed by atoms with van der Waals surface area (Å²) in [6.45, 7) is 0. The topological polar surface area (TPSA) is 59.2 Å². The number of carbonyl (C=O) groups is 1. The van der Waals surface area contributed by atoms with Crippen LogP contribution in [-0.4, -0.2) is 23.0 Å². The number of fused-ring (bicyclic) bond motifs is 1. The number of hydrogen-bond donors (Lipinski definition) is 1. The minimum atomic E-state index is -0.378. The fourth-order valence-electron chi connectivity index (χ4n) is 2.14. The van der Waals surface area contributed by atoms with E-state index in [0.29, 0.717) is 0 Å². The van der Waals surface area contributed by atoms with Crippen LogP contribution < -0.4 is 5.73 Å². The van der Waals surface area contributed by atoms with E-state index >= 15 is 0 Å². The van der Waals surface area contributed by atoms with Crippen molar-refractivity contribution in [2.24, 2.45) is 5.73 Å². The van der Waals surface area contributed by atoms with Gasteiger partial charge in [-0.05, 0) is 30.9 Å². The Morgan fingerprint density at radius 2 is 2.47 bits per heavy atom. The molecule has 0 saturated carbocycles. The highest BCUT2D eigenvalue weighted by molar-refractivity contribution is 5.72. The molecule has 0 radical (unpaired) electrons. The summed E-state index contributed by atoms with van der Waals surface area (Å²) in [6, 6.07) is 3.66. The Hall–Kier alpha value is -1.58. The predicted molar refractivity (Wildman–Crippen MR) is 57.3 cm³/mol. The van der Waals surface area contributed by atoms with Crippen LogP contribution in [0.3, 0.4) is 0 Å². The van der Waals surface area contributed by atoms with Crippen LogP contribution in [0.15, 0.2) is 18.3 Å². The van der Waals surface area contributed by atoms with Crippen LogP contribution in [0.4, 0.5) is 4.79 Å². The second-order valence-electron chi connectivity index (χ2n) is 3.90. The molecule has 1 aliphatic rings. The van der Waals surface area contributed by atoms with Gasteiger partial charge in [-0.2, -0.15) is 0 Å². The molecule has 0 aliphatic heterocycles. The monoisotopic (exact) mass is 205 g/mol. The highest BCUT2D eigenvalue weighted by Gasteiger charge is 2.25. The summed E-state index contributed by atoms with van der Waals surface area (Å²) in [5.41, 5.74) is 7.53. The molecule has 1 aliphatic carbocycles. The van der Waals surface area contributed by atoms with Crippen LogP contribution in [0.25, 0.3) is 0 Å². The molecule has 0 aromatic carbocycles. The van der Waals surface area contributed by atoms with E-state index in [1.54, 1.807) is 18.1 Å². The number of rotatable bonds is 1. The maximum atomic E-state index is 11.1. The predicted octanol–water partition coefficient (Wildman–Crippen LogP) is 1.47. The molecule has 1 aromatic rings. The molecule has 0 bridgehead atoms. The minimum Gasteiger partial charge on any atom is -0.351 e. The Bertz CT molecular complexity index is 378. The first-order valence-corrected chi connectivity index (χ1v) is 5.16. The quantitative estimate of drug-likeness (QED) is 0.754. The lowest BCUT2D eigenvalue weighted by Crippen LogP contribution is -2.37. The van der Waals surface area contributed by atoms with Crippen LogP contribution >= 0.6 is 0 Å². The van der Waals surface area contributed by atoms with Crippen molar-refractivity contribution < 1.29 is 4.79 Å². The van der Waals surface area contributed by atoms with Gasteiger partial charge in [0.15, 0.2) is 0 Å². The van der Waals surface area contributed by atoms with Gasteiger partial charge in [-0.3, -0.25) is 4.98 Å². The van der Waals surface area contributed by atoms with Crippen LogP contribution in [-0.2, 0) is 6.42 Å². The highest BCUT2D eigenvalue weighted by Crippen LogP contribution is 2.31. The molecule has 0 spiro atoms. The molecule has 2 amide bonds. The maximum Gasteiger partial charge on any atom is 0.315 e. The average molecular weight is 205 g/mol. The molecule has 4 heteroatoms. The summed E-state index contributed by atoms with van der Waals surface area (Å²) in [5, 5.41) is 0. The first kappa shape index (κ1) is 9.96. The van der Waals surface area contributed by atoms with E-state index in [2.05, 4.69) is 4.98 Å². The highest BCUT2D eigenvalue weighted by atomic mass is 16.2. The molecule has 4 nitrogen and oxygen atoms in total. The summed E-state index contributed by atoms with van der Waals surface area (Å²) in [7, 11) is 1.75. The van der Waals surface area contributed by atoms with E-state index < -0.39 is 0 Å². The van der Waals surface area contributed by atoms with Gasteiger partial charge in [0.1, 0.15) is 0 Å². The Morgan fingerprint density at radius 3 is 3.20 bits per heavy atom. The van der Waals surface area contributed by atoms with Crippen molar-refractivity contribution >= 4 is 6.03 Å². The summed E-state index contributed by atoms with van der Waals surface area (Å²) < 4.78 is 0. The number of urea groups is 1. The van der Waals surface area contributed by atoms with Crippen LogP contribution in [0, 0.1) is 0 Å². The van der Waals surface area contributed by atoms with Crippen LogP contribution in [0.2, 0.25) is 0 Å². The fourth-order valence-corrected chi connectivity index (χ4v) is 2.14. The Kier molecular flexibility index (Phi) is 2.58. The van der Waals surface area contributed by atoms with Gasteiger partial charge in [0.05, 0.1) is 6.04 Å². The van der Waals surface area contributed by atoms with Gasteiger partial charge in [-0.25, -0.2) is 4.79 Å². The molecule has 2 rings (SSSR count). The van der Waals surface area contributed by atoms with Crippen molar-refractivity contribution in [1.82, 2.24) is 9.88 Å². The lowest BCUT2D eigenvalue weighted by atomic mass is 9.90. The molecule has 80 valence electrons. The summed E-state index contributed by atoms with van der Waals surface area (Å²) in [5.74, 6) is 0. The number of aromatic nitrogens is 1. The lowest BCUT2D eigenvalue weighted by Gasteiger charge is -2.31. The Balaban J connectivity index is 2.33. The normalized spacial score (nSPS) is 19.4. The standard InChI is InChI=1S/C11H15N3O/c1-14(11(12)15)10-6-2-5-9-8(10)4-3-7-13-9/h3-4,7,10H,2,5-6H2,1H3,(H2,12,15). The van der Waals surface area contributed by atoms with E-state index in [4.69, 9.17) is 5.73 Å². The largest absolute Gasteiger partial charge is 0.351 e. The van der Waals surface area contributed by atoms with Gasteiger partial charge in [0, 0.05) is 18.9 Å². The number of amides is 2. The van der Waals surface area contributed by atoms with Gasteiger partial charge >= 0.3 is 6.03 Å². The van der Waals surface area contributed by atoms with Crippen molar-refractivity contribution in [2.75, 3.05) is 7.05 Å². The van der Waals surface area contributed by atoms with E-state index in [9.17, 15) is 4.79 Å². The van der Waals surface area contributed by atoms with Crippen molar-refractivity contribution in [3.63, 3.8) is 0 Å². The molecule has 2 N–H and O–H groups in total. The van der Waals surface area contributed by atoms with E-state index in [1.807, 2.05) is 12.1 Å². The van der Waals surface area contributed by atoms with Gasteiger partial charge in [-0.15, -0.1) is 0 Å². The zero-order valence-electron chi connectivity index (χ0n) is 8.81. The van der Waals surface area contributed by atoms with Gasteiger partial charge in [0.25, 0.3) is 0 Å². The number of nitrogens with two attached hydrogens (primary N) is 1. The van der Waals surface area contributed by atoms with Gasteiger partial charge in [0.2, 0.25) is 0 Å². The molecular weight excluding hydrogens is 190 g/mol. The number of nitrogens with zero attached hydrogens (tertiary/aromatic N) is 2. The first-order chi connectivity index (χ1) is 7.20. The van der Waals surface area contributed by atoms with E-state index in [1.165, 1.54) is 0 Å². The molecule has 1 atom stereocenters. The number of aryl methyl sites for hydroxylation is 1. The van der Waals surface area contributed by atoms with Crippen molar-refractivity contribution in [2.45, 2.75) is 25.3 Å².